The topological polar surface area (TPSA) is 71.3 Å². The van der Waals surface area contributed by atoms with Gasteiger partial charge in [0.1, 0.15) is 11.6 Å². The standard InChI is InChI=1S/C29H23ClFN5O/c30-23-7-4-8-24(31)22(23)17-32-29(37)20-11-13-21(14-12-20)33-27-15-25(18-5-2-1-3-6-18)34-28-16-26(19-9-10-19)35-36(27)28/h1-8,11-16,19,33H,9-10,17H2,(H,32,37). The van der Waals surface area contributed by atoms with Crippen LogP contribution in [0.15, 0.2) is 84.9 Å². The fraction of sp³-hybridized carbons (Fsp3) is 0.138. The number of rotatable bonds is 7. The quantitative estimate of drug-likeness (QED) is 0.254. The van der Waals surface area contributed by atoms with Gasteiger partial charge >= 0.3 is 0 Å². The van der Waals surface area contributed by atoms with Crippen molar-refractivity contribution in [1.29, 1.82) is 0 Å². The van der Waals surface area contributed by atoms with E-state index < -0.39 is 5.82 Å². The highest BCUT2D eigenvalue weighted by Crippen LogP contribution is 2.40. The fourth-order valence-corrected chi connectivity index (χ4v) is 4.47. The van der Waals surface area contributed by atoms with Crippen LogP contribution in [0, 0.1) is 5.82 Å². The lowest BCUT2D eigenvalue weighted by molar-refractivity contribution is 0.0950. The molecule has 0 spiro atoms. The number of benzene rings is 3. The number of carbonyl (C=O) groups excluding carboxylic acids is 1. The molecular formula is C29H23ClFN5O. The SMILES string of the molecule is O=C(NCc1c(F)cccc1Cl)c1ccc(Nc2cc(-c3ccccc3)nc3cc(C4CC4)nn23)cc1. The van der Waals surface area contributed by atoms with Crippen LogP contribution < -0.4 is 10.6 Å². The Balaban J connectivity index is 1.24. The zero-order chi connectivity index (χ0) is 25.4. The molecule has 8 heteroatoms. The van der Waals surface area contributed by atoms with Crippen LogP contribution in [0.5, 0.6) is 0 Å². The van der Waals surface area contributed by atoms with Gasteiger partial charge in [0.2, 0.25) is 0 Å². The molecule has 2 aromatic heterocycles. The largest absolute Gasteiger partial charge is 0.348 e. The summed E-state index contributed by atoms with van der Waals surface area (Å²) in [5, 5.41) is 11.2. The molecule has 37 heavy (non-hydrogen) atoms. The van der Waals surface area contributed by atoms with E-state index >= 15 is 0 Å². The van der Waals surface area contributed by atoms with Gasteiger partial charge in [-0.15, -0.1) is 0 Å². The predicted octanol–water partition coefficient (Wildman–Crippen LogP) is 6.74. The zero-order valence-corrected chi connectivity index (χ0v) is 20.5. The van der Waals surface area contributed by atoms with Gasteiger partial charge in [-0.25, -0.2) is 9.37 Å². The number of fused-ring (bicyclic) bond motifs is 1. The molecule has 1 fully saturated rings. The molecule has 0 aliphatic heterocycles. The summed E-state index contributed by atoms with van der Waals surface area (Å²) < 4.78 is 15.8. The number of anilines is 2. The minimum absolute atomic E-state index is 0.00419. The van der Waals surface area contributed by atoms with Gasteiger partial charge < -0.3 is 10.6 Å². The Hall–Kier alpha value is -4.23. The molecule has 1 saturated carbocycles. The molecule has 0 atom stereocenters. The third kappa shape index (κ3) is 4.90. The van der Waals surface area contributed by atoms with E-state index in [1.54, 1.807) is 18.2 Å². The second-order valence-electron chi connectivity index (χ2n) is 9.09. The lowest BCUT2D eigenvalue weighted by atomic mass is 10.1. The first-order valence-electron chi connectivity index (χ1n) is 12.1. The summed E-state index contributed by atoms with van der Waals surface area (Å²) in [6, 6.07) is 25.6. The number of aromatic nitrogens is 3. The van der Waals surface area contributed by atoms with Gasteiger partial charge in [0.25, 0.3) is 5.91 Å². The van der Waals surface area contributed by atoms with Crippen molar-refractivity contribution in [3.63, 3.8) is 0 Å². The van der Waals surface area contributed by atoms with Crippen LogP contribution in [0.3, 0.4) is 0 Å². The van der Waals surface area contributed by atoms with Crippen LogP contribution in [0.25, 0.3) is 16.9 Å². The van der Waals surface area contributed by atoms with E-state index in [4.69, 9.17) is 21.7 Å². The number of halogens is 2. The van der Waals surface area contributed by atoms with Crippen molar-refractivity contribution in [2.75, 3.05) is 5.32 Å². The Morgan fingerprint density at radius 1 is 1.00 bits per heavy atom. The smallest absolute Gasteiger partial charge is 0.251 e. The maximum atomic E-state index is 14.0. The average molecular weight is 512 g/mol. The lowest BCUT2D eigenvalue weighted by Gasteiger charge is -2.12. The first-order valence-corrected chi connectivity index (χ1v) is 12.5. The Morgan fingerprint density at radius 3 is 2.51 bits per heavy atom. The predicted molar refractivity (Wildman–Crippen MR) is 143 cm³/mol. The normalized spacial score (nSPS) is 13.0. The first-order chi connectivity index (χ1) is 18.0. The molecule has 0 radical (unpaired) electrons. The third-order valence-corrected chi connectivity index (χ3v) is 6.77. The summed E-state index contributed by atoms with van der Waals surface area (Å²) in [6.07, 6.45) is 2.32. The lowest BCUT2D eigenvalue weighted by Crippen LogP contribution is -2.23. The molecule has 1 amide bonds. The van der Waals surface area contributed by atoms with Crippen molar-refractivity contribution in [2.24, 2.45) is 0 Å². The molecule has 3 aromatic carbocycles. The number of hydrogen-bond donors (Lipinski definition) is 2. The van der Waals surface area contributed by atoms with Gasteiger partial charge in [0.15, 0.2) is 5.65 Å². The van der Waals surface area contributed by atoms with E-state index in [1.165, 1.54) is 12.1 Å². The molecule has 1 aliphatic carbocycles. The third-order valence-electron chi connectivity index (χ3n) is 6.42. The second kappa shape index (κ2) is 9.67. The Bertz CT molecular complexity index is 1580. The van der Waals surface area contributed by atoms with E-state index in [1.807, 2.05) is 53.0 Å². The van der Waals surface area contributed by atoms with Gasteiger partial charge in [0, 0.05) is 52.0 Å². The summed E-state index contributed by atoms with van der Waals surface area (Å²) in [5.41, 5.74) is 5.22. The van der Waals surface area contributed by atoms with Crippen molar-refractivity contribution in [1.82, 2.24) is 19.9 Å². The van der Waals surface area contributed by atoms with Crippen LogP contribution in [-0.2, 0) is 6.54 Å². The zero-order valence-electron chi connectivity index (χ0n) is 19.8. The van der Waals surface area contributed by atoms with Crippen molar-refractivity contribution < 1.29 is 9.18 Å². The van der Waals surface area contributed by atoms with E-state index in [0.717, 1.165) is 46.9 Å². The van der Waals surface area contributed by atoms with Crippen molar-refractivity contribution in [3.8, 4) is 11.3 Å². The molecule has 2 heterocycles. The van der Waals surface area contributed by atoms with E-state index in [0.29, 0.717) is 11.5 Å². The molecule has 2 N–H and O–H groups in total. The molecule has 0 bridgehead atoms. The molecule has 6 nitrogen and oxygen atoms in total. The summed E-state index contributed by atoms with van der Waals surface area (Å²) in [4.78, 5) is 17.5. The summed E-state index contributed by atoms with van der Waals surface area (Å²) in [5.74, 6) is 0.521. The minimum Gasteiger partial charge on any atom is -0.348 e. The summed E-state index contributed by atoms with van der Waals surface area (Å²) in [7, 11) is 0. The van der Waals surface area contributed by atoms with E-state index in [-0.39, 0.29) is 23.0 Å². The van der Waals surface area contributed by atoms with Crippen molar-refractivity contribution in [2.45, 2.75) is 25.3 Å². The Labute approximate surface area is 218 Å². The minimum atomic E-state index is -0.450. The molecular weight excluding hydrogens is 489 g/mol. The van der Waals surface area contributed by atoms with E-state index in [9.17, 15) is 9.18 Å². The van der Waals surface area contributed by atoms with Gasteiger partial charge in [0.05, 0.1) is 11.4 Å². The van der Waals surface area contributed by atoms with Gasteiger partial charge in [-0.2, -0.15) is 9.61 Å². The van der Waals surface area contributed by atoms with Gasteiger partial charge in [-0.1, -0.05) is 48.0 Å². The van der Waals surface area contributed by atoms with Crippen LogP contribution in [0.4, 0.5) is 15.9 Å². The maximum absolute atomic E-state index is 14.0. The van der Waals surface area contributed by atoms with Crippen molar-refractivity contribution in [3.05, 3.63) is 113 Å². The molecule has 6 rings (SSSR count). The summed E-state index contributed by atoms with van der Waals surface area (Å²) >= 11 is 6.06. The van der Waals surface area contributed by atoms with Gasteiger partial charge in [-0.05, 0) is 49.2 Å². The Morgan fingerprint density at radius 2 is 1.78 bits per heavy atom. The maximum Gasteiger partial charge on any atom is 0.251 e. The highest BCUT2D eigenvalue weighted by atomic mass is 35.5. The summed E-state index contributed by atoms with van der Waals surface area (Å²) in [6.45, 7) is 0.00419. The number of nitrogens with zero attached hydrogens (tertiary/aromatic N) is 3. The highest BCUT2D eigenvalue weighted by Gasteiger charge is 2.27. The first kappa shape index (κ1) is 23.2. The van der Waals surface area contributed by atoms with Gasteiger partial charge in [-0.3, -0.25) is 4.79 Å². The number of carbonyl (C=O) groups is 1. The molecule has 1 aliphatic rings. The van der Waals surface area contributed by atoms with Crippen molar-refractivity contribution >= 4 is 34.7 Å². The van der Waals surface area contributed by atoms with Crippen LogP contribution in [0.1, 0.15) is 40.4 Å². The molecule has 184 valence electrons. The second-order valence-corrected chi connectivity index (χ2v) is 9.50. The van der Waals surface area contributed by atoms with E-state index in [2.05, 4.69) is 16.7 Å². The fourth-order valence-electron chi connectivity index (χ4n) is 4.24. The average Bonchev–Trinajstić information content (AvgIpc) is 3.68. The Kier molecular flexibility index (Phi) is 6.06. The highest BCUT2D eigenvalue weighted by molar-refractivity contribution is 6.31. The molecule has 5 aromatic rings. The monoisotopic (exact) mass is 511 g/mol. The number of hydrogen-bond acceptors (Lipinski definition) is 4. The number of amides is 1. The van der Waals surface area contributed by atoms with Crippen LogP contribution in [0.2, 0.25) is 5.02 Å². The molecule has 0 unspecified atom stereocenters. The molecule has 0 saturated heterocycles. The van der Waals surface area contributed by atoms with Crippen LogP contribution >= 0.6 is 11.6 Å². The number of nitrogens with one attached hydrogen (secondary N) is 2. The van der Waals surface area contributed by atoms with Crippen LogP contribution in [-0.4, -0.2) is 20.5 Å².